The first kappa shape index (κ1) is 20.7. The van der Waals surface area contributed by atoms with Gasteiger partial charge in [0.1, 0.15) is 0 Å². The summed E-state index contributed by atoms with van der Waals surface area (Å²) in [6.45, 7) is 4.14. The maximum absolute atomic E-state index is 4.90. The molecule has 2 heterocycles. The maximum Gasteiger partial charge on any atom is 0.0938 e. The van der Waals surface area contributed by atoms with Gasteiger partial charge in [0, 0.05) is 48.3 Å². The molecule has 5 rings (SSSR count). The average Bonchev–Trinajstić information content (AvgIpc) is 2.82. The molecule has 1 aliphatic carbocycles. The highest BCUT2D eigenvalue weighted by molar-refractivity contribution is 5.92. The van der Waals surface area contributed by atoms with Crippen molar-refractivity contribution in [2.45, 2.75) is 51.6 Å². The number of fused-ring (bicyclic) bond motifs is 2. The number of hydrogen-bond donors (Lipinski definition) is 0. The molecule has 1 unspecified atom stereocenters. The van der Waals surface area contributed by atoms with E-state index in [0.717, 1.165) is 22.4 Å². The van der Waals surface area contributed by atoms with Gasteiger partial charge in [-0.2, -0.15) is 0 Å². The van der Waals surface area contributed by atoms with Crippen LogP contribution in [-0.4, -0.2) is 36.1 Å². The van der Waals surface area contributed by atoms with Gasteiger partial charge in [-0.05, 0) is 51.0 Å². The third-order valence-corrected chi connectivity index (χ3v) is 7.13. The van der Waals surface area contributed by atoms with Crippen LogP contribution in [0.15, 0.2) is 60.7 Å². The molecule has 0 bridgehead atoms. The molecule has 4 aromatic rings. The van der Waals surface area contributed by atoms with E-state index < -0.39 is 0 Å². The predicted molar refractivity (Wildman–Crippen MR) is 136 cm³/mol. The SMILES string of the molecule is Cc1ccc2cccc(N(C)C3CCCC[C@@H]3N(C)c3cccc4ccc(C)nc34)c2n1. The highest BCUT2D eigenvalue weighted by Crippen LogP contribution is 2.35. The van der Waals surface area contributed by atoms with Crippen molar-refractivity contribution in [2.24, 2.45) is 0 Å². The van der Waals surface area contributed by atoms with Crippen molar-refractivity contribution in [3.8, 4) is 0 Å². The second kappa shape index (κ2) is 8.42. The Kier molecular flexibility index (Phi) is 5.46. The van der Waals surface area contributed by atoms with Gasteiger partial charge in [-0.15, -0.1) is 0 Å². The lowest BCUT2D eigenvalue weighted by atomic mass is 9.87. The van der Waals surface area contributed by atoms with Crippen LogP contribution in [0.4, 0.5) is 11.4 Å². The quantitative estimate of drug-likeness (QED) is 0.386. The summed E-state index contributed by atoms with van der Waals surface area (Å²) in [5.74, 6) is 0. The molecule has 0 N–H and O–H groups in total. The first-order chi connectivity index (χ1) is 15.5. The number of anilines is 2. The summed E-state index contributed by atoms with van der Waals surface area (Å²) in [5, 5.41) is 2.41. The van der Waals surface area contributed by atoms with E-state index in [1.807, 2.05) is 0 Å². The number of aryl methyl sites for hydroxylation is 2. The van der Waals surface area contributed by atoms with E-state index >= 15 is 0 Å². The summed E-state index contributed by atoms with van der Waals surface area (Å²) in [7, 11) is 4.50. The molecule has 1 saturated carbocycles. The van der Waals surface area contributed by atoms with Gasteiger partial charge in [0.05, 0.1) is 22.4 Å². The molecule has 2 aromatic heterocycles. The van der Waals surface area contributed by atoms with Crippen LogP contribution in [0.2, 0.25) is 0 Å². The number of para-hydroxylation sites is 2. The molecule has 32 heavy (non-hydrogen) atoms. The molecule has 164 valence electrons. The summed E-state index contributed by atoms with van der Waals surface area (Å²) >= 11 is 0. The Hall–Kier alpha value is -3.14. The number of pyridine rings is 2. The highest BCUT2D eigenvalue weighted by atomic mass is 15.2. The van der Waals surface area contributed by atoms with Crippen LogP contribution in [0.5, 0.6) is 0 Å². The van der Waals surface area contributed by atoms with Crippen LogP contribution < -0.4 is 9.80 Å². The lowest BCUT2D eigenvalue weighted by Crippen LogP contribution is -2.51. The zero-order valence-electron chi connectivity index (χ0n) is 19.5. The fourth-order valence-electron chi connectivity index (χ4n) is 5.38. The van der Waals surface area contributed by atoms with Crippen molar-refractivity contribution in [3.05, 3.63) is 72.1 Å². The minimum atomic E-state index is 0.418. The monoisotopic (exact) mass is 424 g/mol. The number of hydrogen-bond acceptors (Lipinski definition) is 4. The number of rotatable bonds is 4. The minimum absolute atomic E-state index is 0.418. The standard InChI is InChI=1S/C28H32N4/c1-19-15-17-21-9-7-13-25(27(21)29-19)31(3)23-11-5-6-12-24(23)32(4)26-14-8-10-22-18-16-20(2)30-28(22)26/h7-10,13-18,23-24H,5-6,11-12H2,1-4H3/t23-,24?/m0/s1. The minimum Gasteiger partial charge on any atom is -0.368 e. The predicted octanol–water partition coefficient (Wildman–Crippen LogP) is 6.28. The Morgan fingerprint density at radius 2 is 1.06 bits per heavy atom. The molecule has 0 spiro atoms. The summed E-state index contributed by atoms with van der Waals surface area (Å²) in [6, 6.07) is 22.5. The van der Waals surface area contributed by atoms with E-state index in [1.54, 1.807) is 0 Å². The number of aromatic nitrogens is 2. The number of nitrogens with zero attached hydrogens (tertiary/aromatic N) is 4. The van der Waals surface area contributed by atoms with Gasteiger partial charge in [-0.25, -0.2) is 0 Å². The third kappa shape index (κ3) is 3.68. The van der Waals surface area contributed by atoms with Crippen molar-refractivity contribution < 1.29 is 0 Å². The normalized spacial score (nSPS) is 18.8. The molecular formula is C28H32N4. The fourth-order valence-corrected chi connectivity index (χ4v) is 5.38. The topological polar surface area (TPSA) is 32.3 Å². The maximum atomic E-state index is 4.90. The first-order valence-electron chi connectivity index (χ1n) is 11.7. The van der Waals surface area contributed by atoms with Crippen LogP contribution in [0, 0.1) is 13.8 Å². The van der Waals surface area contributed by atoms with Crippen molar-refractivity contribution in [1.82, 2.24) is 9.97 Å². The van der Waals surface area contributed by atoms with Crippen LogP contribution >= 0.6 is 0 Å². The van der Waals surface area contributed by atoms with Gasteiger partial charge >= 0.3 is 0 Å². The summed E-state index contributed by atoms with van der Waals surface area (Å²) < 4.78 is 0. The number of likely N-dealkylation sites (N-methyl/N-ethyl adjacent to an activating group) is 2. The third-order valence-electron chi connectivity index (χ3n) is 7.13. The molecule has 2 aromatic carbocycles. The second-order valence-corrected chi connectivity index (χ2v) is 9.24. The Balaban J connectivity index is 1.54. The smallest absolute Gasteiger partial charge is 0.0938 e. The fraction of sp³-hybridized carbons (Fsp3) is 0.357. The molecule has 0 radical (unpaired) electrons. The highest BCUT2D eigenvalue weighted by Gasteiger charge is 2.33. The molecule has 0 aliphatic heterocycles. The first-order valence-corrected chi connectivity index (χ1v) is 11.7. The van der Waals surface area contributed by atoms with E-state index in [4.69, 9.17) is 9.97 Å². The summed E-state index contributed by atoms with van der Waals surface area (Å²) in [6.07, 6.45) is 4.91. The molecule has 0 amide bonds. The molecule has 1 aliphatic rings. The lowest BCUT2D eigenvalue weighted by molar-refractivity contribution is 0.364. The van der Waals surface area contributed by atoms with Gasteiger partial charge in [-0.3, -0.25) is 9.97 Å². The Morgan fingerprint density at radius 3 is 1.50 bits per heavy atom. The summed E-state index contributed by atoms with van der Waals surface area (Å²) in [5.41, 5.74) is 6.78. The Labute approximate surface area is 190 Å². The van der Waals surface area contributed by atoms with E-state index in [1.165, 1.54) is 47.8 Å². The zero-order chi connectivity index (χ0) is 22.2. The molecular weight excluding hydrogens is 392 g/mol. The second-order valence-electron chi connectivity index (χ2n) is 9.24. The number of benzene rings is 2. The van der Waals surface area contributed by atoms with Crippen molar-refractivity contribution in [2.75, 3.05) is 23.9 Å². The molecule has 4 heteroatoms. The van der Waals surface area contributed by atoms with E-state index in [-0.39, 0.29) is 0 Å². The van der Waals surface area contributed by atoms with Gasteiger partial charge in [0.15, 0.2) is 0 Å². The zero-order valence-corrected chi connectivity index (χ0v) is 19.5. The largest absolute Gasteiger partial charge is 0.368 e. The average molecular weight is 425 g/mol. The van der Waals surface area contributed by atoms with Gasteiger partial charge in [0.2, 0.25) is 0 Å². The van der Waals surface area contributed by atoms with Crippen LogP contribution in [0.1, 0.15) is 37.1 Å². The van der Waals surface area contributed by atoms with Crippen LogP contribution in [0.3, 0.4) is 0 Å². The van der Waals surface area contributed by atoms with E-state index in [2.05, 4.69) is 98.4 Å². The van der Waals surface area contributed by atoms with Gasteiger partial charge in [0.25, 0.3) is 0 Å². The molecule has 2 atom stereocenters. The van der Waals surface area contributed by atoms with Crippen molar-refractivity contribution >= 4 is 33.2 Å². The van der Waals surface area contributed by atoms with E-state index in [9.17, 15) is 0 Å². The van der Waals surface area contributed by atoms with Crippen molar-refractivity contribution in [3.63, 3.8) is 0 Å². The van der Waals surface area contributed by atoms with Crippen LogP contribution in [0.25, 0.3) is 21.8 Å². The van der Waals surface area contributed by atoms with Gasteiger partial charge < -0.3 is 9.80 Å². The Morgan fingerprint density at radius 1 is 0.625 bits per heavy atom. The van der Waals surface area contributed by atoms with Crippen molar-refractivity contribution in [1.29, 1.82) is 0 Å². The van der Waals surface area contributed by atoms with Crippen LogP contribution in [-0.2, 0) is 0 Å². The lowest BCUT2D eigenvalue weighted by Gasteiger charge is -2.44. The molecule has 1 fully saturated rings. The van der Waals surface area contributed by atoms with Gasteiger partial charge in [-0.1, -0.05) is 49.2 Å². The Bertz CT molecular complexity index is 1170. The molecule has 0 saturated heterocycles. The summed E-state index contributed by atoms with van der Waals surface area (Å²) in [4.78, 5) is 14.8. The van der Waals surface area contributed by atoms with E-state index in [0.29, 0.717) is 12.1 Å². The molecule has 4 nitrogen and oxygen atoms in total.